The molecule has 15 heavy (non-hydrogen) atoms. The number of halogens is 1. The van der Waals surface area contributed by atoms with Crippen LogP contribution in [0, 0.1) is 12.8 Å². The third-order valence-electron chi connectivity index (χ3n) is 2.58. The van der Waals surface area contributed by atoms with Crippen LogP contribution >= 0.6 is 27.3 Å². The van der Waals surface area contributed by atoms with E-state index < -0.39 is 6.10 Å². The minimum atomic E-state index is -0.412. The van der Waals surface area contributed by atoms with Crippen molar-refractivity contribution in [2.24, 2.45) is 11.7 Å². The number of hydrogen-bond donors (Lipinski definition) is 2. The van der Waals surface area contributed by atoms with Gasteiger partial charge in [0.05, 0.1) is 6.10 Å². The highest BCUT2D eigenvalue weighted by Gasteiger charge is 2.21. The first kappa shape index (κ1) is 13.2. The van der Waals surface area contributed by atoms with E-state index in [0.717, 1.165) is 22.2 Å². The molecule has 1 heterocycles. The second-order valence-corrected chi connectivity index (χ2v) is 5.92. The molecule has 1 aromatic rings. The van der Waals surface area contributed by atoms with Gasteiger partial charge in [0.15, 0.2) is 0 Å². The van der Waals surface area contributed by atoms with Crippen LogP contribution in [0.5, 0.6) is 0 Å². The standard InChI is InChI=1S/C11H18BrNOS/c1-3-4-8(6-13)11(14)10-5-9(12)7(2)15-10/h5,8,11,14H,3-4,6,13H2,1-2H3. The van der Waals surface area contributed by atoms with Crippen molar-refractivity contribution in [3.8, 4) is 0 Å². The Morgan fingerprint density at radius 1 is 1.60 bits per heavy atom. The van der Waals surface area contributed by atoms with Crippen LogP contribution in [0.3, 0.4) is 0 Å². The molecule has 2 atom stereocenters. The van der Waals surface area contributed by atoms with E-state index in [2.05, 4.69) is 22.9 Å². The molecule has 0 saturated heterocycles. The topological polar surface area (TPSA) is 46.2 Å². The maximum absolute atomic E-state index is 10.2. The lowest BCUT2D eigenvalue weighted by Crippen LogP contribution is -2.21. The largest absolute Gasteiger partial charge is 0.387 e. The summed E-state index contributed by atoms with van der Waals surface area (Å²) in [7, 11) is 0. The Bertz CT molecular complexity index is 294. The summed E-state index contributed by atoms with van der Waals surface area (Å²) in [6, 6.07) is 2.00. The molecule has 4 heteroatoms. The molecule has 2 unspecified atom stereocenters. The van der Waals surface area contributed by atoms with Crippen molar-refractivity contribution in [2.45, 2.75) is 32.8 Å². The van der Waals surface area contributed by atoms with Crippen LogP contribution in [0.15, 0.2) is 10.5 Å². The fourth-order valence-electron chi connectivity index (χ4n) is 1.63. The van der Waals surface area contributed by atoms with Crippen LogP contribution in [-0.2, 0) is 0 Å². The fourth-order valence-corrected chi connectivity index (χ4v) is 3.28. The molecule has 3 N–H and O–H groups in total. The molecule has 0 fully saturated rings. The third-order valence-corrected chi connectivity index (χ3v) is 4.78. The molecule has 1 aromatic heterocycles. The van der Waals surface area contributed by atoms with Crippen molar-refractivity contribution in [1.29, 1.82) is 0 Å². The van der Waals surface area contributed by atoms with Gasteiger partial charge in [0.2, 0.25) is 0 Å². The SMILES string of the molecule is CCCC(CN)C(O)c1cc(Br)c(C)s1. The summed E-state index contributed by atoms with van der Waals surface area (Å²) in [5.74, 6) is 0.181. The fraction of sp³-hybridized carbons (Fsp3) is 0.636. The van der Waals surface area contributed by atoms with Crippen LogP contribution in [0.2, 0.25) is 0 Å². The van der Waals surface area contributed by atoms with Crippen molar-refractivity contribution in [1.82, 2.24) is 0 Å². The molecule has 0 radical (unpaired) electrons. The van der Waals surface area contributed by atoms with Crippen molar-refractivity contribution in [3.63, 3.8) is 0 Å². The van der Waals surface area contributed by atoms with Crippen LogP contribution in [-0.4, -0.2) is 11.7 Å². The van der Waals surface area contributed by atoms with E-state index in [1.165, 1.54) is 4.88 Å². The number of nitrogens with two attached hydrogens (primary N) is 1. The molecule has 0 aliphatic carbocycles. The molecule has 0 aliphatic rings. The molecule has 0 saturated carbocycles. The first-order valence-electron chi connectivity index (χ1n) is 5.24. The van der Waals surface area contributed by atoms with Gasteiger partial charge in [-0.15, -0.1) is 11.3 Å². The number of thiophene rings is 1. The highest BCUT2D eigenvalue weighted by Crippen LogP contribution is 2.34. The van der Waals surface area contributed by atoms with Crippen LogP contribution < -0.4 is 5.73 Å². The van der Waals surface area contributed by atoms with Gasteiger partial charge in [-0.3, -0.25) is 0 Å². The molecule has 86 valence electrons. The van der Waals surface area contributed by atoms with E-state index in [0.29, 0.717) is 6.54 Å². The molecular weight excluding hydrogens is 274 g/mol. The maximum Gasteiger partial charge on any atom is 0.0922 e. The van der Waals surface area contributed by atoms with E-state index >= 15 is 0 Å². The van der Waals surface area contributed by atoms with E-state index in [4.69, 9.17) is 5.73 Å². The summed E-state index contributed by atoms with van der Waals surface area (Å²) < 4.78 is 1.08. The zero-order valence-corrected chi connectivity index (χ0v) is 11.6. The smallest absolute Gasteiger partial charge is 0.0922 e. The first-order valence-corrected chi connectivity index (χ1v) is 6.85. The summed E-state index contributed by atoms with van der Waals surface area (Å²) in [6.07, 6.45) is 1.63. The van der Waals surface area contributed by atoms with E-state index in [1.807, 2.05) is 13.0 Å². The lowest BCUT2D eigenvalue weighted by molar-refractivity contribution is 0.110. The van der Waals surface area contributed by atoms with E-state index in [1.54, 1.807) is 11.3 Å². The summed E-state index contributed by atoms with van der Waals surface area (Å²) >= 11 is 5.10. The Hall–Kier alpha value is 0.1000. The predicted molar refractivity (Wildman–Crippen MR) is 69.2 cm³/mol. The van der Waals surface area contributed by atoms with Crippen LogP contribution in [0.1, 0.15) is 35.6 Å². The summed E-state index contributed by atoms with van der Waals surface area (Å²) in [5, 5.41) is 10.2. The summed E-state index contributed by atoms with van der Waals surface area (Å²) in [6.45, 7) is 4.71. The van der Waals surface area contributed by atoms with Crippen molar-refractivity contribution in [2.75, 3.05) is 6.54 Å². The van der Waals surface area contributed by atoms with Gasteiger partial charge in [-0.2, -0.15) is 0 Å². The molecule has 0 aromatic carbocycles. The number of aliphatic hydroxyl groups is 1. The number of rotatable bonds is 5. The molecule has 0 amide bonds. The second kappa shape index (κ2) is 5.99. The highest BCUT2D eigenvalue weighted by molar-refractivity contribution is 9.10. The van der Waals surface area contributed by atoms with Gasteiger partial charge in [-0.25, -0.2) is 0 Å². The van der Waals surface area contributed by atoms with Gasteiger partial charge in [0.1, 0.15) is 0 Å². The Morgan fingerprint density at radius 2 is 2.27 bits per heavy atom. The lowest BCUT2D eigenvalue weighted by Gasteiger charge is -2.19. The van der Waals surface area contributed by atoms with Gasteiger partial charge in [-0.05, 0) is 41.9 Å². The molecule has 0 bridgehead atoms. The van der Waals surface area contributed by atoms with Crippen molar-refractivity contribution in [3.05, 3.63) is 20.3 Å². The minimum absolute atomic E-state index is 0.181. The van der Waals surface area contributed by atoms with Crippen LogP contribution in [0.4, 0.5) is 0 Å². The Balaban J connectivity index is 2.77. The third kappa shape index (κ3) is 3.28. The lowest BCUT2D eigenvalue weighted by atomic mass is 9.96. The van der Waals surface area contributed by atoms with Crippen molar-refractivity contribution >= 4 is 27.3 Å². The zero-order valence-electron chi connectivity index (χ0n) is 9.16. The number of aryl methyl sites for hydroxylation is 1. The van der Waals surface area contributed by atoms with E-state index in [9.17, 15) is 5.11 Å². The number of aliphatic hydroxyl groups excluding tert-OH is 1. The quantitative estimate of drug-likeness (QED) is 0.875. The summed E-state index contributed by atoms with van der Waals surface area (Å²) in [5.41, 5.74) is 5.67. The predicted octanol–water partition coefficient (Wildman–Crippen LogP) is 3.23. The second-order valence-electron chi connectivity index (χ2n) is 3.78. The van der Waals surface area contributed by atoms with Crippen molar-refractivity contribution < 1.29 is 5.11 Å². The zero-order chi connectivity index (χ0) is 11.4. The Kier molecular flexibility index (Phi) is 5.26. The van der Waals surface area contributed by atoms with E-state index in [-0.39, 0.29) is 5.92 Å². The minimum Gasteiger partial charge on any atom is -0.387 e. The molecule has 0 spiro atoms. The maximum atomic E-state index is 10.2. The van der Waals surface area contributed by atoms with Gasteiger partial charge >= 0.3 is 0 Å². The Morgan fingerprint density at radius 3 is 2.67 bits per heavy atom. The normalized spacial score (nSPS) is 15.3. The average molecular weight is 292 g/mol. The molecular formula is C11H18BrNOS. The molecule has 1 rings (SSSR count). The van der Waals surface area contributed by atoms with Gasteiger partial charge in [0, 0.05) is 20.1 Å². The average Bonchev–Trinajstić information content (AvgIpc) is 2.55. The Labute approximate surface area is 104 Å². The number of hydrogen-bond acceptors (Lipinski definition) is 3. The highest BCUT2D eigenvalue weighted by atomic mass is 79.9. The van der Waals surface area contributed by atoms with Gasteiger partial charge in [0.25, 0.3) is 0 Å². The van der Waals surface area contributed by atoms with Crippen LogP contribution in [0.25, 0.3) is 0 Å². The molecule has 2 nitrogen and oxygen atoms in total. The van der Waals surface area contributed by atoms with Gasteiger partial charge in [-0.1, -0.05) is 13.3 Å². The molecule has 0 aliphatic heterocycles. The monoisotopic (exact) mass is 291 g/mol. The first-order chi connectivity index (χ1) is 7.10. The van der Waals surface area contributed by atoms with Gasteiger partial charge < -0.3 is 10.8 Å². The summed E-state index contributed by atoms with van der Waals surface area (Å²) in [4.78, 5) is 2.22.